The predicted molar refractivity (Wildman–Crippen MR) is 97.2 cm³/mol. The zero-order chi connectivity index (χ0) is 22.5. The molecule has 2 heterocycles. The van der Waals surface area contributed by atoms with Gasteiger partial charge < -0.3 is 19.6 Å². The van der Waals surface area contributed by atoms with Crippen molar-refractivity contribution >= 4 is 17.8 Å². The number of alkyl halides is 3. The van der Waals surface area contributed by atoms with Gasteiger partial charge in [-0.3, -0.25) is 4.79 Å². The third-order valence-electron chi connectivity index (χ3n) is 5.29. The number of hydrogen-bond acceptors (Lipinski definition) is 6. The zero-order valence-electron chi connectivity index (χ0n) is 16.7. The number of nitrogens with zero attached hydrogens (tertiary/aromatic N) is 4. The predicted octanol–water partition coefficient (Wildman–Crippen LogP) is 1.96. The molecule has 0 aromatic carbocycles. The van der Waals surface area contributed by atoms with Gasteiger partial charge in [0.05, 0.1) is 19.0 Å². The monoisotopic (exact) mass is 436 g/mol. The van der Waals surface area contributed by atoms with Crippen LogP contribution in [-0.2, 0) is 14.3 Å². The number of anilines is 1. The van der Waals surface area contributed by atoms with Crippen molar-refractivity contribution in [2.75, 3.05) is 45.3 Å². The van der Waals surface area contributed by atoms with Gasteiger partial charge in [-0.1, -0.05) is 6.42 Å². The number of halogens is 4. The summed E-state index contributed by atoms with van der Waals surface area (Å²) < 4.78 is 50.5. The number of carboxylic acid groups (broad SMARTS) is 1. The van der Waals surface area contributed by atoms with E-state index in [9.17, 15) is 22.4 Å². The lowest BCUT2D eigenvalue weighted by atomic mass is 9.82. The number of carbonyl (C=O) groups is 2. The van der Waals surface area contributed by atoms with Crippen molar-refractivity contribution in [1.29, 1.82) is 0 Å². The van der Waals surface area contributed by atoms with Crippen LogP contribution >= 0.6 is 0 Å². The third kappa shape index (κ3) is 6.00. The van der Waals surface area contributed by atoms with Gasteiger partial charge in [-0.05, 0) is 18.8 Å². The molecular formula is C18H24F4N4O4. The molecule has 1 amide bonds. The summed E-state index contributed by atoms with van der Waals surface area (Å²) in [7, 11) is 3.46. The first-order valence-corrected chi connectivity index (χ1v) is 9.25. The molecule has 1 saturated carbocycles. The van der Waals surface area contributed by atoms with Gasteiger partial charge in [0.25, 0.3) is 0 Å². The van der Waals surface area contributed by atoms with Crippen LogP contribution in [0.2, 0.25) is 0 Å². The highest BCUT2D eigenvalue weighted by atomic mass is 19.4. The highest BCUT2D eigenvalue weighted by Gasteiger charge is 2.50. The first-order chi connectivity index (χ1) is 13.9. The van der Waals surface area contributed by atoms with E-state index in [4.69, 9.17) is 14.6 Å². The molecule has 1 aromatic heterocycles. The van der Waals surface area contributed by atoms with Gasteiger partial charge in [-0.15, -0.1) is 0 Å². The minimum absolute atomic E-state index is 0.0207. The number of aliphatic carboxylic acids is 1. The summed E-state index contributed by atoms with van der Waals surface area (Å²) in [6.45, 7) is 2.37. The number of hydrogen-bond donors (Lipinski definition) is 1. The topological polar surface area (TPSA) is 95.9 Å². The minimum atomic E-state index is -5.08. The molecule has 8 nitrogen and oxygen atoms in total. The molecule has 1 N–H and O–H groups in total. The van der Waals surface area contributed by atoms with Crippen molar-refractivity contribution in [2.45, 2.75) is 25.4 Å². The molecule has 2 atom stereocenters. The average Bonchev–Trinajstić information content (AvgIpc) is 3.19. The highest BCUT2D eigenvalue weighted by molar-refractivity contribution is 5.76. The van der Waals surface area contributed by atoms with Crippen molar-refractivity contribution in [2.24, 2.45) is 11.3 Å². The summed E-state index contributed by atoms with van der Waals surface area (Å²) in [6.07, 6.45) is 0.757. The van der Waals surface area contributed by atoms with Gasteiger partial charge in [0, 0.05) is 32.6 Å². The van der Waals surface area contributed by atoms with Crippen LogP contribution in [-0.4, -0.2) is 78.4 Å². The van der Waals surface area contributed by atoms with E-state index in [1.165, 1.54) is 23.7 Å². The Kier molecular flexibility index (Phi) is 7.56. The Labute approximate surface area is 170 Å². The molecule has 0 radical (unpaired) electrons. The number of rotatable bonds is 5. The molecule has 0 unspecified atom stereocenters. The second-order valence-electron chi connectivity index (χ2n) is 7.62. The first kappa shape index (κ1) is 23.8. The molecule has 1 aromatic rings. The maximum Gasteiger partial charge on any atom is 0.490 e. The molecule has 1 aliphatic carbocycles. The standard InChI is InChI=1S/C16H23FN4O2.C2HF3O2/c1-20(2)14(22)9-23-11-16-5-3-4-12(16)8-21(10-16)15-18-6-13(17)7-19-15;3-2(4,5)1(6)7/h6-7,12H,3-5,8-11H2,1-2H3;(H,6,7)/t12-,16+;/m1./s1. The van der Waals surface area contributed by atoms with Gasteiger partial charge in [-0.25, -0.2) is 19.2 Å². The average molecular weight is 436 g/mol. The molecule has 168 valence electrons. The normalized spacial score (nSPS) is 22.9. The quantitative estimate of drug-likeness (QED) is 0.705. The summed E-state index contributed by atoms with van der Waals surface area (Å²) in [4.78, 5) is 32.4. The van der Waals surface area contributed by atoms with Crippen LogP contribution in [0.4, 0.5) is 23.5 Å². The Balaban J connectivity index is 0.000000396. The molecule has 0 bridgehead atoms. The van der Waals surface area contributed by atoms with Crippen molar-refractivity contribution in [1.82, 2.24) is 14.9 Å². The van der Waals surface area contributed by atoms with Gasteiger partial charge >= 0.3 is 12.1 Å². The van der Waals surface area contributed by atoms with E-state index in [2.05, 4.69) is 14.9 Å². The molecular weight excluding hydrogens is 412 g/mol. The van der Waals surface area contributed by atoms with E-state index in [0.29, 0.717) is 18.5 Å². The van der Waals surface area contributed by atoms with E-state index in [1.54, 1.807) is 14.1 Å². The lowest BCUT2D eigenvalue weighted by molar-refractivity contribution is -0.192. The van der Waals surface area contributed by atoms with Gasteiger partial charge in [0.2, 0.25) is 11.9 Å². The van der Waals surface area contributed by atoms with Crippen molar-refractivity contribution in [3.8, 4) is 0 Å². The number of ether oxygens (including phenoxy) is 1. The van der Waals surface area contributed by atoms with Gasteiger partial charge in [-0.2, -0.15) is 13.2 Å². The molecule has 1 saturated heterocycles. The maximum atomic E-state index is 13.0. The van der Waals surface area contributed by atoms with E-state index < -0.39 is 18.0 Å². The minimum Gasteiger partial charge on any atom is -0.475 e. The fraction of sp³-hybridized carbons (Fsp3) is 0.667. The van der Waals surface area contributed by atoms with E-state index in [-0.39, 0.29) is 17.9 Å². The van der Waals surface area contributed by atoms with Crippen molar-refractivity contribution < 1.29 is 37.0 Å². The molecule has 30 heavy (non-hydrogen) atoms. The van der Waals surface area contributed by atoms with E-state index in [1.807, 2.05) is 0 Å². The lowest BCUT2D eigenvalue weighted by Gasteiger charge is -2.28. The first-order valence-electron chi connectivity index (χ1n) is 9.25. The molecule has 12 heteroatoms. The molecule has 0 spiro atoms. The Hall–Kier alpha value is -2.50. The largest absolute Gasteiger partial charge is 0.490 e. The number of aromatic nitrogens is 2. The molecule has 2 fully saturated rings. The Morgan fingerprint density at radius 1 is 1.33 bits per heavy atom. The number of carboxylic acids is 1. The van der Waals surface area contributed by atoms with Crippen LogP contribution < -0.4 is 4.90 Å². The smallest absolute Gasteiger partial charge is 0.475 e. The Morgan fingerprint density at radius 2 is 1.93 bits per heavy atom. The fourth-order valence-corrected chi connectivity index (χ4v) is 3.74. The summed E-state index contributed by atoms with van der Waals surface area (Å²) in [5, 5.41) is 7.12. The number of carbonyl (C=O) groups excluding carboxylic acids is 1. The van der Waals surface area contributed by atoms with Crippen LogP contribution in [0.5, 0.6) is 0 Å². The fourth-order valence-electron chi connectivity index (χ4n) is 3.74. The summed E-state index contributed by atoms with van der Waals surface area (Å²) >= 11 is 0. The Bertz CT molecular complexity index is 745. The highest BCUT2D eigenvalue weighted by Crippen LogP contribution is 2.49. The van der Waals surface area contributed by atoms with Crippen LogP contribution in [0.25, 0.3) is 0 Å². The van der Waals surface area contributed by atoms with Gasteiger partial charge in [0.15, 0.2) is 5.82 Å². The number of likely N-dealkylation sites (N-methyl/N-ethyl adjacent to an activating group) is 1. The lowest BCUT2D eigenvalue weighted by Crippen LogP contribution is -2.35. The maximum absolute atomic E-state index is 13.0. The molecule has 1 aliphatic heterocycles. The second kappa shape index (κ2) is 9.54. The summed E-state index contributed by atoms with van der Waals surface area (Å²) in [5.74, 6) is -2.11. The SMILES string of the molecule is CN(C)C(=O)COC[C@@]12CCC[C@@H]1CN(c1ncc(F)cn1)C2.O=C(O)C(F)(F)F. The number of fused-ring (bicyclic) bond motifs is 1. The second-order valence-corrected chi connectivity index (χ2v) is 7.62. The van der Waals surface area contributed by atoms with E-state index in [0.717, 1.165) is 25.9 Å². The summed E-state index contributed by atoms with van der Waals surface area (Å²) in [5.41, 5.74) is 0.0599. The van der Waals surface area contributed by atoms with Crippen molar-refractivity contribution in [3.05, 3.63) is 18.2 Å². The van der Waals surface area contributed by atoms with Gasteiger partial charge in [0.1, 0.15) is 6.61 Å². The molecule has 2 aliphatic rings. The van der Waals surface area contributed by atoms with E-state index >= 15 is 0 Å². The van der Waals surface area contributed by atoms with Crippen LogP contribution in [0.3, 0.4) is 0 Å². The Morgan fingerprint density at radius 3 is 2.47 bits per heavy atom. The number of amides is 1. The molecule has 3 rings (SSSR count). The summed E-state index contributed by atoms with van der Waals surface area (Å²) in [6, 6.07) is 0. The zero-order valence-corrected chi connectivity index (χ0v) is 16.7. The third-order valence-corrected chi connectivity index (χ3v) is 5.29. The van der Waals surface area contributed by atoms with Crippen LogP contribution in [0.15, 0.2) is 12.4 Å². The van der Waals surface area contributed by atoms with Crippen molar-refractivity contribution in [3.63, 3.8) is 0 Å². The van der Waals surface area contributed by atoms with Crippen LogP contribution in [0, 0.1) is 17.2 Å². The van der Waals surface area contributed by atoms with Crippen LogP contribution in [0.1, 0.15) is 19.3 Å².